The standard InChI is InChI=1S/C8H6N2O2.C3H6O2/c11-10(12)7-1-2-8-6(5-7)3-4-9-8;1-2-3(4)5/h1-5,9H;2H2,1H3,(H,4,5). The van der Waals surface area contributed by atoms with E-state index in [1.54, 1.807) is 25.3 Å². The van der Waals surface area contributed by atoms with Gasteiger partial charge in [-0.1, -0.05) is 6.92 Å². The van der Waals surface area contributed by atoms with Crippen LogP contribution in [0.1, 0.15) is 13.3 Å². The molecule has 0 aliphatic rings. The van der Waals surface area contributed by atoms with Crippen LogP contribution in [-0.2, 0) is 4.79 Å². The van der Waals surface area contributed by atoms with Gasteiger partial charge in [-0.25, -0.2) is 0 Å². The quantitative estimate of drug-likeness (QED) is 0.618. The number of aliphatic carboxylic acids is 1. The van der Waals surface area contributed by atoms with E-state index in [1.165, 1.54) is 6.07 Å². The maximum absolute atomic E-state index is 10.4. The first kappa shape index (κ1) is 12.7. The summed E-state index contributed by atoms with van der Waals surface area (Å²) in [5.41, 5.74) is 1.04. The number of hydrogen-bond donors (Lipinski definition) is 2. The molecule has 0 radical (unpaired) electrons. The summed E-state index contributed by atoms with van der Waals surface area (Å²) in [5.74, 6) is -0.745. The number of nitrogens with zero attached hydrogens (tertiary/aromatic N) is 1. The number of carbonyl (C=O) groups is 1. The molecular weight excluding hydrogens is 224 g/mol. The molecule has 0 saturated heterocycles. The van der Waals surface area contributed by atoms with Crippen LogP contribution in [0.5, 0.6) is 0 Å². The predicted octanol–water partition coefficient (Wildman–Crippen LogP) is 2.56. The van der Waals surface area contributed by atoms with Crippen LogP contribution in [0.15, 0.2) is 30.5 Å². The van der Waals surface area contributed by atoms with Crippen LogP contribution < -0.4 is 0 Å². The molecule has 90 valence electrons. The van der Waals surface area contributed by atoms with E-state index in [0.717, 1.165) is 10.9 Å². The van der Waals surface area contributed by atoms with Crippen LogP contribution in [0.3, 0.4) is 0 Å². The fraction of sp³-hybridized carbons (Fsp3) is 0.182. The topological polar surface area (TPSA) is 96.2 Å². The number of nitrogens with one attached hydrogen (secondary N) is 1. The summed E-state index contributed by atoms with van der Waals surface area (Å²) < 4.78 is 0. The van der Waals surface area contributed by atoms with Crippen LogP contribution in [0.2, 0.25) is 0 Å². The van der Waals surface area contributed by atoms with Gasteiger partial charge in [0, 0.05) is 35.7 Å². The highest BCUT2D eigenvalue weighted by Crippen LogP contribution is 2.18. The van der Waals surface area contributed by atoms with Crippen LogP contribution >= 0.6 is 0 Å². The third kappa shape index (κ3) is 3.60. The average Bonchev–Trinajstić information content (AvgIpc) is 2.76. The van der Waals surface area contributed by atoms with Gasteiger partial charge in [0.1, 0.15) is 0 Å². The second-order valence-corrected chi connectivity index (χ2v) is 3.25. The van der Waals surface area contributed by atoms with Crippen molar-refractivity contribution < 1.29 is 14.8 Å². The fourth-order valence-corrected chi connectivity index (χ4v) is 1.15. The Hall–Kier alpha value is -2.37. The van der Waals surface area contributed by atoms with Gasteiger partial charge in [0.2, 0.25) is 0 Å². The van der Waals surface area contributed by atoms with E-state index >= 15 is 0 Å². The van der Waals surface area contributed by atoms with Crippen molar-refractivity contribution in [3.63, 3.8) is 0 Å². The molecule has 6 heteroatoms. The van der Waals surface area contributed by atoms with E-state index in [9.17, 15) is 14.9 Å². The van der Waals surface area contributed by atoms with Crippen molar-refractivity contribution in [2.75, 3.05) is 0 Å². The molecule has 2 rings (SSSR count). The molecule has 0 unspecified atom stereocenters. The van der Waals surface area contributed by atoms with E-state index in [4.69, 9.17) is 5.11 Å². The van der Waals surface area contributed by atoms with Crippen molar-refractivity contribution >= 4 is 22.6 Å². The summed E-state index contributed by atoms with van der Waals surface area (Å²) in [4.78, 5) is 22.3. The van der Waals surface area contributed by atoms with Gasteiger partial charge in [-0.05, 0) is 12.1 Å². The van der Waals surface area contributed by atoms with Crippen molar-refractivity contribution in [2.24, 2.45) is 0 Å². The molecule has 0 aliphatic carbocycles. The Labute approximate surface area is 97.0 Å². The zero-order chi connectivity index (χ0) is 12.8. The summed E-state index contributed by atoms with van der Waals surface area (Å²) in [7, 11) is 0. The van der Waals surface area contributed by atoms with E-state index in [2.05, 4.69) is 4.98 Å². The number of carboxylic acid groups (broad SMARTS) is 1. The molecule has 1 aromatic heterocycles. The Bertz CT molecular complexity index is 533. The van der Waals surface area contributed by atoms with Crippen molar-refractivity contribution in [2.45, 2.75) is 13.3 Å². The lowest BCUT2D eigenvalue weighted by Gasteiger charge is -1.90. The van der Waals surface area contributed by atoms with Gasteiger partial charge in [0.05, 0.1) is 4.92 Å². The maximum Gasteiger partial charge on any atom is 0.303 e. The van der Waals surface area contributed by atoms with Gasteiger partial charge in [0.15, 0.2) is 0 Å². The number of aromatic amines is 1. The van der Waals surface area contributed by atoms with E-state index in [1.807, 2.05) is 6.07 Å². The SMILES string of the molecule is CCC(=O)O.O=[N+]([O-])c1ccc2[nH]ccc2c1. The molecule has 0 atom stereocenters. The third-order valence-electron chi connectivity index (χ3n) is 2.05. The lowest BCUT2D eigenvalue weighted by atomic mass is 10.2. The van der Waals surface area contributed by atoms with Gasteiger partial charge < -0.3 is 10.1 Å². The zero-order valence-corrected chi connectivity index (χ0v) is 9.21. The Kier molecular flexibility index (Phi) is 4.21. The van der Waals surface area contributed by atoms with Crippen LogP contribution in [0, 0.1) is 10.1 Å². The number of non-ortho nitro benzene ring substituents is 1. The first-order valence-electron chi connectivity index (χ1n) is 4.98. The Morgan fingerprint density at radius 1 is 1.47 bits per heavy atom. The highest BCUT2D eigenvalue weighted by molar-refractivity contribution is 5.81. The largest absolute Gasteiger partial charge is 0.481 e. The first-order valence-corrected chi connectivity index (χ1v) is 4.98. The Balaban J connectivity index is 0.000000249. The van der Waals surface area contributed by atoms with Crippen molar-refractivity contribution in [1.82, 2.24) is 4.98 Å². The van der Waals surface area contributed by atoms with Crippen LogP contribution in [-0.4, -0.2) is 21.0 Å². The normalized spacial score (nSPS) is 9.47. The number of rotatable bonds is 2. The Morgan fingerprint density at radius 2 is 2.12 bits per heavy atom. The van der Waals surface area contributed by atoms with Gasteiger partial charge in [-0.2, -0.15) is 0 Å². The molecule has 0 bridgehead atoms. The molecule has 2 N–H and O–H groups in total. The number of H-pyrrole nitrogens is 1. The van der Waals surface area contributed by atoms with Crippen LogP contribution in [0.25, 0.3) is 10.9 Å². The Morgan fingerprint density at radius 3 is 2.65 bits per heavy atom. The monoisotopic (exact) mass is 236 g/mol. The number of benzene rings is 1. The molecule has 17 heavy (non-hydrogen) atoms. The molecule has 0 fully saturated rings. The lowest BCUT2D eigenvalue weighted by molar-refractivity contribution is -0.384. The van der Waals surface area contributed by atoms with Crippen molar-refractivity contribution in [1.29, 1.82) is 0 Å². The lowest BCUT2D eigenvalue weighted by Crippen LogP contribution is -1.86. The van der Waals surface area contributed by atoms with Crippen LogP contribution in [0.4, 0.5) is 5.69 Å². The predicted molar refractivity (Wildman–Crippen MR) is 62.9 cm³/mol. The molecule has 0 aliphatic heterocycles. The van der Waals surface area contributed by atoms with Gasteiger partial charge in [-0.3, -0.25) is 14.9 Å². The number of hydrogen-bond acceptors (Lipinski definition) is 3. The van der Waals surface area contributed by atoms with Crippen molar-refractivity contribution in [3.05, 3.63) is 40.6 Å². The van der Waals surface area contributed by atoms with Gasteiger partial charge in [0.25, 0.3) is 5.69 Å². The summed E-state index contributed by atoms with van der Waals surface area (Å²) >= 11 is 0. The summed E-state index contributed by atoms with van der Waals surface area (Å²) in [6, 6.07) is 6.54. The van der Waals surface area contributed by atoms with E-state index in [0.29, 0.717) is 0 Å². The summed E-state index contributed by atoms with van der Waals surface area (Å²) in [6.07, 6.45) is 1.98. The summed E-state index contributed by atoms with van der Waals surface area (Å²) in [5, 5.41) is 18.9. The minimum Gasteiger partial charge on any atom is -0.481 e. The van der Waals surface area contributed by atoms with E-state index < -0.39 is 10.9 Å². The molecule has 0 amide bonds. The average molecular weight is 236 g/mol. The molecule has 2 aromatic rings. The number of fused-ring (bicyclic) bond motifs is 1. The highest BCUT2D eigenvalue weighted by Gasteiger charge is 2.05. The minimum absolute atomic E-state index is 0.127. The molecule has 1 aromatic carbocycles. The first-order chi connectivity index (χ1) is 8.04. The smallest absolute Gasteiger partial charge is 0.303 e. The second-order valence-electron chi connectivity index (χ2n) is 3.25. The third-order valence-corrected chi connectivity index (χ3v) is 2.05. The van der Waals surface area contributed by atoms with Gasteiger partial charge in [-0.15, -0.1) is 0 Å². The minimum atomic E-state index is -0.745. The maximum atomic E-state index is 10.4. The number of aromatic nitrogens is 1. The molecular formula is C11H12N2O4. The van der Waals surface area contributed by atoms with E-state index in [-0.39, 0.29) is 12.1 Å². The highest BCUT2D eigenvalue weighted by atomic mass is 16.6. The molecule has 0 spiro atoms. The number of nitro groups is 1. The molecule has 6 nitrogen and oxygen atoms in total. The molecule has 1 heterocycles. The second kappa shape index (κ2) is 5.64. The number of nitro benzene ring substituents is 1. The molecule has 0 saturated carbocycles. The summed E-state index contributed by atoms with van der Waals surface area (Å²) in [6.45, 7) is 1.60. The number of carboxylic acids is 1. The fourth-order valence-electron chi connectivity index (χ4n) is 1.15. The van der Waals surface area contributed by atoms with Gasteiger partial charge >= 0.3 is 5.97 Å². The van der Waals surface area contributed by atoms with Crippen molar-refractivity contribution in [3.8, 4) is 0 Å². The zero-order valence-electron chi connectivity index (χ0n) is 9.21.